The van der Waals surface area contributed by atoms with Crippen LogP contribution in [0.3, 0.4) is 0 Å². The summed E-state index contributed by atoms with van der Waals surface area (Å²) < 4.78 is 38.6. The second kappa shape index (κ2) is 5.99. The van der Waals surface area contributed by atoms with Crippen molar-refractivity contribution in [3.05, 3.63) is 22.6 Å². The van der Waals surface area contributed by atoms with E-state index >= 15 is 0 Å². The number of aromatic nitrogens is 3. The number of halogens is 4. The van der Waals surface area contributed by atoms with Gasteiger partial charge in [-0.15, -0.1) is 0 Å². The first-order chi connectivity index (χ1) is 9.40. The number of nitrogens with one attached hydrogen (secondary N) is 1. The van der Waals surface area contributed by atoms with Crippen LogP contribution >= 0.6 is 15.9 Å². The third kappa shape index (κ3) is 3.62. The normalized spacial score (nSPS) is 12.1. The number of fused-ring (bicyclic) bond motifs is 1. The number of hydrogen-bond donors (Lipinski definition) is 1. The lowest BCUT2D eigenvalue weighted by molar-refractivity contribution is -0.134. The average Bonchev–Trinajstić information content (AvgIpc) is 2.76. The van der Waals surface area contributed by atoms with Gasteiger partial charge in [-0.3, -0.25) is 0 Å². The second-order valence-corrected chi connectivity index (χ2v) is 5.18. The Labute approximate surface area is 122 Å². The Balaban J connectivity index is 2.12. The Morgan fingerprint density at radius 3 is 2.80 bits per heavy atom. The number of nitrogens with zero attached hydrogens (tertiary/aromatic N) is 3. The van der Waals surface area contributed by atoms with Gasteiger partial charge >= 0.3 is 6.18 Å². The number of hydrogen-bond acceptors (Lipinski definition) is 3. The fraction of sp³-hybridized carbons (Fsp3) is 0.500. The summed E-state index contributed by atoms with van der Waals surface area (Å²) in [6.07, 6.45) is -2.39. The van der Waals surface area contributed by atoms with Crippen molar-refractivity contribution in [2.75, 3.05) is 11.9 Å². The highest BCUT2D eigenvalue weighted by atomic mass is 79.9. The third-order valence-electron chi connectivity index (χ3n) is 2.82. The third-order valence-corrected chi connectivity index (χ3v) is 3.21. The van der Waals surface area contributed by atoms with Crippen molar-refractivity contribution in [2.45, 2.75) is 32.4 Å². The fourth-order valence-corrected chi connectivity index (χ4v) is 2.25. The van der Waals surface area contributed by atoms with E-state index in [9.17, 15) is 13.2 Å². The van der Waals surface area contributed by atoms with Crippen molar-refractivity contribution < 1.29 is 13.2 Å². The van der Waals surface area contributed by atoms with Crippen molar-refractivity contribution in [2.24, 2.45) is 0 Å². The first-order valence-electron chi connectivity index (χ1n) is 6.24. The molecule has 2 rings (SSSR count). The van der Waals surface area contributed by atoms with Crippen molar-refractivity contribution in [3.8, 4) is 0 Å². The first kappa shape index (κ1) is 15.1. The lowest BCUT2D eigenvalue weighted by Gasteiger charge is -2.10. The highest BCUT2D eigenvalue weighted by molar-refractivity contribution is 9.10. The molecular formula is C12H14BrF3N4. The van der Waals surface area contributed by atoms with E-state index in [-0.39, 0.29) is 13.0 Å². The lowest BCUT2D eigenvalue weighted by Crippen LogP contribution is -2.11. The van der Waals surface area contributed by atoms with Crippen LogP contribution in [-0.4, -0.2) is 27.3 Å². The van der Waals surface area contributed by atoms with Gasteiger partial charge in [0.2, 0.25) is 0 Å². The van der Waals surface area contributed by atoms with Gasteiger partial charge in [0.1, 0.15) is 4.60 Å². The van der Waals surface area contributed by atoms with Crippen LogP contribution in [0.15, 0.2) is 16.9 Å². The maximum atomic E-state index is 12.1. The summed E-state index contributed by atoms with van der Waals surface area (Å²) in [6, 6.07) is 1.72. The average molecular weight is 351 g/mol. The summed E-state index contributed by atoms with van der Waals surface area (Å²) in [5.74, 6) is 0. The molecule has 4 nitrogen and oxygen atoms in total. The zero-order valence-corrected chi connectivity index (χ0v) is 12.4. The zero-order chi connectivity index (χ0) is 14.8. The molecule has 0 saturated carbocycles. The molecule has 0 aliphatic carbocycles. The van der Waals surface area contributed by atoms with Gasteiger partial charge in [-0.25, -0.2) is 9.50 Å². The van der Waals surface area contributed by atoms with E-state index in [1.807, 2.05) is 6.92 Å². The van der Waals surface area contributed by atoms with Gasteiger partial charge in [-0.2, -0.15) is 18.3 Å². The van der Waals surface area contributed by atoms with Gasteiger partial charge < -0.3 is 5.32 Å². The smallest absolute Gasteiger partial charge is 0.382 e. The standard InChI is InChI=1S/C12H14BrF3N4/c1-2-8-7-18-11-9(6-10(13)19-20(8)11)17-5-3-4-12(14,15)16/h6-7,17H,2-5H2,1H3. The van der Waals surface area contributed by atoms with Gasteiger partial charge in [0.25, 0.3) is 0 Å². The predicted molar refractivity (Wildman–Crippen MR) is 73.8 cm³/mol. The maximum absolute atomic E-state index is 12.1. The molecule has 0 radical (unpaired) electrons. The Kier molecular flexibility index (Phi) is 4.52. The monoisotopic (exact) mass is 350 g/mol. The molecule has 2 heterocycles. The minimum Gasteiger partial charge on any atom is -0.382 e. The molecule has 0 aliphatic heterocycles. The summed E-state index contributed by atoms with van der Waals surface area (Å²) in [5.41, 5.74) is 2.24. The quantitative estimate of drug-likeness (QED) is 0.833. The molecule has 20 heavy (non-hydrogen) atoms. The van der Waals surface area contributed by atoms with Crippen LogP contribution in [0.1, 0.15) is 25.5 Å². The summed E-state index contributed by atoms with van der Waals surface area (Å²) in [4.78, 5) is 4.25. The molecule has 8 heteroatoms. The predicted octanol–water partition coefficient (Wildman–Crippen LogP) is 3.81. The van der Waals surface area contributed by atoms with Gasteiger partial charge in [-0.05, 0) is 34.8 Å². The molecular weight excluding hydrogens is 337 g/mol. The highest BCUT2D eigenvalue weighted by Crippen LogP contribution is 2.23. The van der Waals surface area contributed by atoms with Crippen LogP contribution in [0.4, 0.5) is 18.9 Å². The topological polar surface area (TPSA) is 42.2 Å². The van der Waals surface area contributed by atoms with Crippen LogP contribution in [0.25, 0.3) is 5.65 Å². The van der Waals surface area contributed by atoms with E-state index < -0.39 is 12.6 Å². The summed E-state index contributed by atoms with van der Waals surface area (Å²) in [6.45, 7) is 2.22. The lowest BCUT2D eigenvalue weighted by atomic mass is 10.3. The Bertz CT molecular complexity index is 594. The second-order valence-electron chi connectivity index (χ2n) is 4.36. The van der Waals surface area contributed by atoms with Crippen LogP contribution < -0.4 is 5.32 Å². The van der Waals surface area contributed by atoms with Gasteiger partial charge in [0.05, 0.1) is 17.6 Å². The summed E-state index contributed by atoms with van der Waals surface area (Å²) >= 11 is 3.29. The molecule has 0 fully saturated rings. The number of imidazole rings is 1. The van der Waals surface area contributed by atoms with Crippen LogP contribution in [0.5, 0.6) is 0 Å². The first-order valence-corrected chi connectivity index (χ1v) is 7.04. The maximum Gasteiger partial charge on any atom is 0.389 e. The summed E-state index contributed by atoms with van der Waals surface area (Å²) in [5, 5.41) is 7.27. The van der Waals surface area contributed by atoms with Gasteiger partial charge in [0, 0.05) is 13.0 Å². The molecule has 0 amide bonds. The van der Waals surface area contributed by atoms with E-state index in [1.165, 1.54) is 0 Å². The number of alkyl halides is 3. The van der Waals surface area contributed by atoms with Crippen LogP contribution in [-0.2, 0) is 6.42 Å². The van der Waals surface area contributed by atoms with Crippen LogP contribution in [0, 0.1) is 0 Å². The van der Waals surface area contributed by atoms with Crippen molar-refractivity contribution in [1.29, 1.82) is 0 Å². The van der Waals surface area contributed by atoms with Crippen molar-refractivity contribution in [3.63, 3.8) is 0 Å². The summed E-state index contributed by atoms with van der Waals surface area (Å²) in [7, 11) is 0. The molecule has 0 saturated heterocycles. The minimum absolute atomic E-state index is 0.0247. The van der Waals surface area contributed by atoms with Crippen molar-refractivity contribution in [1.82, 2.24) is 14.6 Å². The van der Waals surface area contributed by atoms with Gasteiger partial charge in [-0.1, -0.05) is 6.92 Å². The van der Waals surface area contributed by atoms with Gasteiger partial charge in [0.15, 0.2) is 5.65 Å². The molecule has 0 atom stereocenters. The van der Waals surface area contributed by atoms with E-state index in [4.69, 9.17) is 0 Å². The molecule has 0 aromatic carbocycles. The number of aryl methyl sites for hydroxylation is 1. The Morgan fingerprint density at radius 1 is 1.40 bits per heavy atom. The van der Waals surface area contributed by atoms with E-state index in [1.54, 1.807) is 16.8 Å². The fourth-order valence-electron chi connectivity index (χ4n) is 1.87. The largest absolute Gasteiger partial charge is 0.389 e. The SMILES string of the molecule is CCc1cnc2c(NCCCC(F)(F)F)cc(Br)nn12. The van der Waals surface area contributed by atoms with E-state index in [0.717, 1.165) is 12.1 Å². The molecule has 1 N–H and O–H groups in total. The molecule has 2 aromatic heterocycles. The Hall–Kier alpha value is -1.31. The van der Waals surface area contributed by atoms with Crippen LogP contribution in [0.2, 0.25) is 0 Å². The number of anilines is 1. The van der Waals surface area contributed by atoms with Crippen molar-refractivity contribution >= 4 is 27.3 Å². The van der Waals surface area contributed by atoms with E-state index in [0.29, 0.717) is 15.9 Å². The molecule has 2 aromatic rings. The Morgan fingerprint density at radius 2 is 2.15 bits per heavy atom. The zero-order valence-electron chi connectivity index (χ0n) is 10.8. The molecule has 0 aliphatic rings. The molecule has 0 bridgehead atoms. The molecule has 110 valence electrons. The highest BCUT2D eigenvalue weighted by Gasteiger charge is 2.25. The number of rotatable bonds is 5. The molecule has 0 unspecified atom stereocenters. The van der Waals surface area contributed by atoms with E-state index in [2.05, 4.69) is 31.3 Å². The minimum atomic E-state index is -4.11. The molecule has 0 spiro atoms.